The Morgan fingerprint density at radius 2 is 1.90 bits per heavy atom. The van der Waals surface area contributed by atoms with Crippen LogP contribution in [-0.4, -0.2) is 0 Å². The summed E-state index contributed by atoms with van der Waals surface area (Å²) in [6.07, 6.45) is 2.79. The number of nitrogens with two attached hydrogens (primary N) is 1. The van der Waals surface area contributed by atoms with Crippen LogP contribution in [0.3, 0.4) is 0 Å². The molecular weight excluding hydrogens is 126 g/mol. The summed E-state index contributed by atoms with van der Waals surface area (Å²) >= 11 is 0. The molecule has 0 atom stereocenters. The summed E-state index contributed by atoms with van der Waals surface area (Å²) in [4.78, 5) is 0. The van der Waals surface area contributed by atoms with Crippen LogP contribution >= 0.6 is 0 Å². The van der Waals surface area contributed by atoms with Gasteiger partial charge in [0.15, 0.2) is 0 Å². The second kappa shape index (κ2) is 3.56. The van der Waals surface area contributed by atoms with Crippen molar-refractivity contribution in [2.24, 2.45) is 5.73 Å². The summed E-state index contributed by atoms with van der Waals surface area (Å²) in [6, 6.07) is 9.46. The SMILES string of the molecule is N/C=C/Oc1ccccc1. The lowest BCUT2D eigenvalue weighted by atomic mass is 10.3. The van der Waals surface area contributed by atoms with E-state index < -0.39 is 0 Å². The third-order valence-corrected chi connectivity index (χ3v) is 1.03. The highest BCUT2D eigenvalue weighted by Gasteiger charge is 1.83. The molecule has 0 aliphatic carbocycles. The zero-order chi connectivity index (χ0) is 7.23. The van der Waals surface area contributed by atoms with Crippen LogP contribution in [0.15, 0.2) is 42.8 Å². The summed E-state index contributed by atoms with van der Waals surface area (Å²) in [6.45, 7) is 0. The van der Waals surface area contributed by atoms with Crippen LogP contribution in [0.2, 0.25) is 0 Å². The molecule has 0 radical (unpaired) electrons. The van der Waals surface area contributed by atoms with Gasteiger partial charge in [-0.3, -0.25) is 0 Å². The second-order valence-corrected chi connectivity index (χ2v) is 1.76. The highest BCUT2D eigenvalue weighted by molar-refractivity contribution is 5.21. The summed E-state index contributed by atoms with van der Waals surface area (Å²) in [5.41, 5.74) is 5.07. The Bertz CT molecular complexity index is 206. The van der Waals surface area contributed by atoms with Crippen molar-refractivity contribution in [3.63, 3.8) is 0 Å². The Labute approximate surface area is 59.9 Å². The highest BCUT2D eigenvalue weighted by Crippen LogP contribution is 2.07. The Kier molecular flexibility index (Phi) is 2.38. The standard InChI is InChI=1S/C8H9NO/c9-6-7-10-8-4-2-1-3-5-8/h1-7H,9H2/b7-6+. The van der Waals surface area contributed by atoms with Crippen LogP contribution in [0.5, 0.6) is 5.75 Å². The van der Waals surface area contributed by atoms with Crippen molar-refractivity contribution in [2.45, 2.75) is 0 Å². The van der Waals surface area contributed by atoms with Gasteiger partial charge in [0.05, 0.1) is 0 Å². The van der Waals surface area contributed by atoms with Gasteiger partial charge < -0.3 is 10.5 Å². The molecular formula is C8H9NO. The fourth-order valence-electron chi connectivity index (χ4n) is 0.617. The molecule has 0 unspecified atom stereocenters. The van der Waals surface area contributed by atoms with Gasteiger partial charge in [-0.25, -0.2) is 0 Å². The maximum absolute atomic E-state index is 5.07. The molecule has 0 heterocycles. The van der Waals surface area contributed by atoms with E-state index in [-0.39, 0.29) is 0 Å². The minimum absolute atomic E-state index is 0.796. The van der Waals surface area contributed by atoms with Crippen molar-refractivity contribution in [1.29, 1.82) is 0 Å². The lowest BCUT2D eigenvalue weighted by Gasteiger charge is -1.95. The van der Waals surface area contributed by atoms with Crippen molar-refractivity contribution < 1.29 is 4.74 Å². The molecule has 2 N–H and O–H groups in total. The van der Waals surface area contributed by atoms with Crippen LogP contribution in [0.25, 0.3) is 0 Å². The van der Waals surface area contributed by atoms with Gasteiger partial charge in [0, 0.05) is 6.20 Å². The molecule has 0 saturated heterocycles. The first kappa shape index (κ1) is 6.68. The molecule has 0 spiro atoms. The van der Waals surface area contributed by atoms with Gasteiger partial charge in [-0.2, -0.15) is 0 Å². The molecule has 1 aromatic rings. The van der Waals surface area contributed by atoms with Gasteiger partial charge in [0.1, 0.15) is 12.0 Å². The van der Waals surface area contributed by atoms with E-state index in [1.165, 1.54) is 12.5 Å². The van der Waals surface area contributed by atoms with Crippen LogP contribution in [0.1, 0.15) is 0 Å². The predicted octanol–water partition coefficient (Wildman–Crippen LogP) is 1.50. The molecule has 1 rings (SSSR count). The number of benzene rings is 1. The molecule has 10 heavy (non-hydrogen) atoms. The van der Waals surface area contributed by atoms with Crippen LogP contribution in [0.4, 0.5) is 0 Å². The zero-order valence-corrected chi connectivity index (χ0v) is 5.53. The number of rotatable bonds is 2. The third-order valence-electron chi connectivity index (χ3n) is 1.03. The first-order valence-corrected chi connectivity index (χ1v) is 3.02. The fraction of sp³-hybridized carbons (Fsp3) is 0. The minimum atomic E-state index is 0.796. The average molecular weight is 135 g/mol. The van der Waals surface area contributed by atoms with Gasteiger partial charge in [-0.1, -0.05) is 18.2 Å². The van der Waals surface area contributed by atoms with Gasteiger partial charge >= 0.3 is 0 Å². The largest absolute Gasteiger partial charge is 0.464 e. The monoisotopic (exact) mass is 135 g/mol. The van der Waals surface area contributed by atoms with Crippen molar-refractivity contribution in [1.82, 2.24) is 0 Å². The molecule has 52 valence electrons. The summed E-state index contributed by atoms with van der Waals surface area (Å²) in [5.74, 6) is 0.796. The smallest absolute Gasteiger partial charge is 0.126 e. The number of ether oxygens (including phenoxy) is 1. The normalized spacial score (nSPS) is 10.0. The highest BCUT2D eigenvalue weighted by atomic mass is 16.5. The molecule has 2 nitrogen and oxygen atoms in total. The topological polar surface area (TPSA) is 35.2 Å². The molecule has 0 aromatic heterocycles. The molecule has 0 saturated carbocycles. The molecule has 0 amide bonds. The van der Waals surface area contributed by atoms with E-state index in [0.29, 0.717) is 0 Å². The molecule has 0 fully saturated rings. The fourth-order valence-corrected chi connectivity index (χ4v) is 0.617. The van der Waals surface area contributed by atoms with Crippen LogP contribution in [-0.2, 0) is 0 Å². The van der Waals surface area contributed by atoms with Gasteiger partial charge in [-0.15, -0.1) is 0 Å². The number of hydrogen-bond donors (Lipinski definition) is 1. The van der Waals surface area contributed by atoms with E-state index in [1.54, 1.807) is 0 Å². The summed E-state index contributed by atoms with van der Waals surface area (Å²) < 4.78 is 5.05. The minimum Gasteiger partial charge on any atom is -0.464 e. The van der Waals surface area contributed by atoms with Gasteiger partial charge in [0.25, 0.3) is 0 Å². The maximum atomic E-state index is 5.07. The molecule has 0 aliphatic heterocycles. The third kappa shape index (κ3) is 1.82. The predicted molar refractivity (Wildman–Crippen MR) is 40.4 cm³/mol. The Morgan fingerprint density at radius 1 is 1.20 bits per heavy atom. The first-order valence-electron chi connectivity index (χ1n) is 3.02. The van der Waals surface area contributed by atoms with Crippen molar-refractivity contribution in [3.8, 4) is 5.75 Å². The lowest BCUT2D eigenvalue weighted by Crippen LogP contribution is -1.84. The van der Waals surface area contributed by atoms with E-state index in [2.05, 4.69) is 0 Å². The molecule has 2 heteroatoms. The summed E-state index contributed by atoms with van der Waals surface area (Å²) in [5, 5.41) is 0. The quantitative estimate of drug-likeness (QED) is 0.623. The van der Waals surface area contributed by atoms with Crippen molar-refractivity contribution in [3.05, 3.63) is 42.8 Å². The van der Waals surface area contributed by atoms with Crippen molar-refractivity contribution in [2.75, 3.05) is 0 Å². The number of hydrogen-bond acceptors (Lipinski definition) is 2. The average Bonchev–Trinajstić information content (AvgIpc) is 2.03. The van der Waals surface area contributed by atoms with Crippen LogP contribution in [0, 0.1) is 0 Å². The Balaban J connectivity index is 2.59. The molecule has 0 bridgehead atoms. The summed E-state index contributed by atoms with van der Waals surface area (Å²) in [7, 11) is 0. The van der Waals surface area contributed by atoms with Crippen LogP contribution < -0.4 is 10.5 Å². The van der Waals surface area contributed by atoms with Gasteiger partial charge in [0.2, 0.25) is 0 Å². The van der Waals surface area contributed by atoms with Crippen molar-refractivity contribution >= 4 is 0 Å². The number of para-hydroxylation sites is 1. The first-order chi connectivity index (χ1) is 4.93. The Hall–Kier alpha value is -1.44. The van der Waals surface area contributed by atoms with E-state index in [9.17, 15) is 0 Å². The van der Waals surface area contributed by atoms with E-state index in [0.717, 1.165) is 5.75 Å². The zero-order valence-electron chi connectivity index (χ0n) is 5.53. The Morgan fingerprint density at radius 3 is 2.50 bits per heavy atom. The van der Waals surface area contributed by atoms with E-state index in [4.69, 9.17) is 10.5 Å². The maximum Gasteiger partial charge on any atom is 0.126 e. The lowest BCUT2D eigenvalue weighted by molar-refractivity contribution is 0.480. The molecule has 0 aliphatic rings. The molecule has 1 aromatic carbocycles. The van der Waals surface area contributed by atoms with E-state index in [1.807, 2.05) is 30.3 Å². The van der Waals surface area contributed by atoms with Gasteiger partial charge in [-0.05, 0) is 12.1 Å². The second-order valence-electron chi connectivity index (χ2n) is 1.76. The van der Waals surface area contributed by atoms with E-state index >= 15 is 0 Å².